The molecule has 0 unspecified atom stereocenters. The fourth-order valence-electron chi connectivity index (χ4n) is 3.21. The van der Waals surface area contributed by atoms with Gasteiger partial charge in [-0.15, -0.1) is 5.06 Å². The van der Waals surface area contributed by atoms with E-state index in [0.29, 0.717) is 0 Å². The molecule has 190 valence electrons. The van der Waals surface area contributed by atoms with Crippen LogP contribution in [0.3, 0.4) is 0 Å². The highest BCUT2D eigenvalue weighted by atomic mass is 16.7. The van der Waals surface area contributed by atoms with Crippen molar-refractivity contribution in [2.45, 2.75) is 64.6 Å². The van der Waals surface area contributed by atoms with Gasteiger partial charge in [0.15, 0.2) is 0 Å². The number of hydroxylamine groups is 2. The molecule has 1 aliphatic rings. The van der Waals surface area contributed by atoms with E-state index in [-0.39, 0.29) is 40.0 Å². The average Bonchev–Trinajstić information content (AvgIpc) is 2.73. The molecule has 32 heavy (non-hydrogen) atoms. The van der Waals surface area contributed by atoms with Gasteiger partial charge in [0.25, 0.3) is 0 Å². The van der Waals surface area contributed by atoms with Gasteiger partial charge in [0, 0.05) is 35.9 Å². The number of ether oxygens (including phenoxy) is 1. The van der Waals surface area contributed by atoms with Crippen molar-refractivity contribution >= 4 is 5.97 Å². The highest BCUT2D eigenvalue weighted by molar-refractivity contribution is 5.89. The summed E-state index contributed by atoms with van der Waals surface area (Å²) in [7, 11) is 1.70. The Morgan fingerprint density at radius 2 is 1.12 bits per heavy atom. The van der Waals surface area contributed by atoms with Crippen LogP contribution in [0.25, 0.3) is 0 Å². The molecule has 0 aromatic heterocycles. The summed E-state index contributed by atoms with van der Waals surface area (Å²) in [5, 5.41) is 1.70. The second kappa shape index (κ2) is 13.2. The van der Waals surface area contributed by atoms with Crippen LogP contribution in [-0.2, 0) is 14.4 Å². The third-order valence-corrected chi connectivity index (χ3v) is 4.16. The second-order valence-corrected chi connectivity index (χ2v) is 7.69. The van der Waals surface area contributed by atoms with Crippen molar-refractivity contribution in [3.63, 3.8) is 0 Å². The van der Waals surface area contributed by atoms with Crippen LogP contribution >= 0.6 is 0 Å². The molecule has 1 heterocycles. The van der Waals surface area contributed by atoms with Gasteiger partial charge < -0.3 is 9.57 Å². The first-order valence-corrected chi connectivity index (χ1v) is 9.71. The summed E-state index contributed by atoms with van der Waals surface area (Å²) < 4.78 is 5.52. The quantitative estimate of drug-likeness (QED) is 0.474. The minimum atomic E-state index is -0.674. The fourth-order valence-corrected chi connectivity index (χ4v) is 3.21. The Kier molecular flexibility index (Phi) is 10.7. The molecule has 0 amide bonds. The van der Waals surface area contributed by atoms with E-state index in [2.05, 4.69) is 94.7 Å². The fraction of sp³-hybridized carbons (Fsp3) is 0.393. The van der Waals surface area contributed by atoms with E-state index in [9.17, 15) is 4.79 Å². The van der Waals surface area contributed by atoms with Crippen molar-refractivity contribution in [1.29, 1.82) is 0 Å². The van der Waals surface area contributed by atoms with Crippen LogP contribution in [0.1, 0.15) is 70.3 Å². The molecule has 1 saturated heterocycles. The van der Waals surface area contributed by atoms with E-state index in [1.165, 1.54) is 0 Å². The lowest BCUT2D eigenvalue weighted by Gasteiger charge is -2.52. The van der Waals surface area contributed by atoms with E-state index in [1.54, 1.807) is 19.1 Å². The molecule has 4 heteroatoms. The third-order valence-electron chi connectivity index (χ3n) is 4.16. The number of carbonyl (C=O) groups excluding carboxylic acids is 1. The summed E-state index contributed by atoms with van der Waals surface area (Å²) in [5.41, 5.74) is -0.775. The zero-order valence-corrected chi connectivity index (χ0v) is 19.2. The molecule has 1 aliphatic heterocycles. The molecule has 0 aromatic carbocycles. The topological polar surface area (TPSA) is 38.8 Å². The normalized spacial score (nSPS) is 14.7. The van der Waals surface area contributed by atoms with Crippen molar-refractivity contribution in [3.05, 3.63) is 0 Å². The smallest absolute Gasteiger partial charge is 0.381 e. The first-order chi connectivity index (χ1) is 15.2. The summed E-state index contributed by atoms with van der Waals surface area (Å²) in [4.78, 5) is 17.7. The molecule has 0 bridgehead atoms. The van der Waals surface area contributed by atoms with E-state index < -0.39 is 5.97 Å². The molecule has 0 radical (unpaired) electrons. The van der Waals surface area contributed by atoms with Crippen LogP contribution in [0.2, 0.25) is 0 Å². The van der Waals surface area contributed by atoms with Gasteiger partial charge in [0.2, 0.25) is 0 Å². The zero-order chi connectivity index (χ0) is 23.9. The Balaban J connectivity index is -0.0000000457. The number of methoxy groups -OCH3 is 1. The lowest BCUT2D eigenvalue weighted by atomic mass is 9.80. The highest BCUT2D eigenvalue weighted by Gasteiger charge is 2.48. The molecule has 0 spiro atoms. The van der Waals surface area contributed by atoms with Gasteiger partial charge in [-0.3, -0.25) is 0 Å². The van der Waals surface area contributed by atoms with Crippen molar-refractivity contribution in [2.24, 2.45) is 0 Å². The van der Waals surface area contributed by atoms with Gasteiger partial charge in [-0.05, 0) is 130 Å². The molecule has 0 aliphatic carbocycles. The molecule has 0 atom stereocenters. The zero-order valence-electron chi connectivity index (χ0n) is 19.2. The molecule has 0 N–H and O–H groups in total. The number of piperidine rings is 1. The number of hydrogen-bond donors (Lipinski definition) is 0. The standard InChI is InChI=1S/C28H23NO3.16H2/c1-7-8-9-10-11-12-13-14-15-16-17-18-19-20-21-22-26(30)32-29-27(2,3)23-25(31-6)24-28(29,4)5;;;;;;;;;;;;;;;;/h25H,23-24H2,1-6H3;16*1H. The predicted octanol–water partition coefficient (Wildman–Crippen LogP) is 6.10. The largest absolute Gasteiger partial charge is 0.404 e. The van der Waals surface area contributed by atoms with Crippen LogP contribution in [0.15, 0.2) is 0 Å². The maximum Gasteiger partial charge on any atom is 0.404 e. The first-order valence-electron chi connectivity index (χ1n) is 9.71. The van der Waals surface area contributed by atoms with Gasteiger partial charge in [-0.1, -0.05) is 5.92 Å². The summed E-state index contributed by atoms with van der Waals surface area (Å²) in [6.45, 7) is 9.71. The Morgan fingerprint density at radius 3 is 1.50 bits per heavy atom. The Morgan fingerprint density at radius 1 is 0.750 bits per heavy atom. The number of nitrogens with zero attached hydrogens (tertiary/aromatic N) is 1. The van der Waals surface area contributed by atoms with Crippen molar-refractivity contribution < 1.29 is 37.2 Å². The van der Waals surface area contributed by atoms with Gasteiger partial charge in [0.1, 0.15) is 0 Å². The van der Waals surface area contributed by atoms with Crippen molar-refractivity contribution in [1.82, 2.24) is 5.06 Å². The molecule has 1 fully saturated rings. The van der Waals surface area contributed by atoms with Crippen LogP contribution in [0, 0.1) is 94.7 Å². The molecule has 1 rings (SSSR count). The minimum absolute atomic E-state index is 0. The van der Waals surface area contributed by atoms with Crippen molar-refractivity contribution in [2.75, 3.05) is 7.11 Å². The van der Waals surface area contributed by atoms with Gasteiger partial charge in [-0.25, -0.2) is 4.79 Å². The third kappa shape index (κ3) is 9.58. The van der Waals surface area contributed by atoms with Gasteiger partial charge >= 0.3 is 5.97 Å². The van der Waals surface area contributed by atoms with Crippen LogP contribution in [0.5, 0.6) is 0 Å². The monoisotopic (exact) mass is 453 g/mol. The van der Waals surface area contributed by atoms with E-state index in [4.69, 9.17) is 9.57 Å². The maximum atomic E-state index is 12.1. The summed E-state index contributed by atoms with van der Waals surface area (Å²) >= 11 is 0. The minimum Gasteiger partial charge on any atom is -0.381 e. The first kappa shape index (κ1) is 25.9. The number of rotatable bonds is 2. The van der Waals surface area contributed by atoms with Crippen LogP contribution in [0.4, 0.5) is 0 Å². The molecule has 4 nitrogen and oxygen atoms in total. The van der Waals surface area contributed by atoms with E-state index in [1.807, 2.05) is 27.7 Å². The van der Waals surface area contributed by atoms with Gasteiger partial charge in [-0.2, -0.15) is 0 Å². The number of carbonyl (C=O) groups is 1. The second-order valence-electron chi connectivity index (χ2n) is 7.69. The van der Waals surface area contributed by atoms with Crippen LogP contribution < -0.4 is 0 Å². The Bertz CT molecular complexity index is 1250. The van der Waals surface area contributed by atoms with Crippen LogP contribution in [-0.4, -0.2) is 35.3 Å². The predicted molar refractivity (Wildman–Crippen MR) is 158 cm³/mol. The summed E-state index contributed by atoms with van der Waals surface area (Å²) in [5.74, 6) is 39.4. The Hall–Kier alpha value is -4.13. The van der Waals surface area contributed by atoms with E-state index >= 15 is 0 Å². The lowest BCUT2D eigenvalue weighted by Crippen LogP contribution is -2.62. The Labute approximate surface area is 215 Å². The molecule has 0 aromatic rings. The van der Waals surface area contributed by atoms with Crippen molar-refractivity contribution in [3.8, 4) is 94.7 Å². The maximum absolute atomic E-state index is 12.1. The average molecular weight is 454 g/mol. The molecular formula is C28H55NO3. The molecular weight excluding hydrogens is 398 g/mol. The molecule has 0 saturated carbocycles. The SMILES string of the molecule is CC#CC#CC#CC#CC#CC#CC#CC#CC(=O)ON1C(C)(C)CC(OC)CC1(C)C.[HH].[HH].[HH].[HH].[HH].[HH].[HH].[HH].[HH].[HH].[HH].[HH].[HH].[HH].[HH].[HH]. The summed E-state index contributed by atoms with van der Waals surface area (Å²) in [6, 6.07) is 0. The summed E-state index contributed by atoms with van der Waals surface area (Å²) in [6.07, 6.45) is 1.58. The highest BCUT2D eigenvalue weighted by Crippen LogP contribution is 2.39. The van der Waals surface area contributed by atoms with E-state index in [0.717, 1.165) is 12.8 Å². The van der Waals surface area contributed by atoms with Gasteiger partial charge in [0.05, 0.1) is 17.2 Å². The lowest BCUT2D eigenvalue weighted by molar-refractivity contribution is -0.273. The number of hydrogen-bond acceptors (Lipinski definition) is 4.